The molecule has 0 bridgehead atoms. The third kappa shape index (κ3) is 1.66. The van der Waals surface area contributed by atoms with Crippen molar-refractivity contribution in [1.29, 1.82) is 0 Å². The summed E-state index contributed by atoms with van der Waals surface area (Å²) < 4.78 is 10.2. The molecule has 76 valence electrons. The Kier molecular flexibility index (Phi) is 3.33. The van der Waals surface area contributed by atoms with Crippen LogP contribution in [0.15, 0.2) is 23.8 Å². The van der Waals surface area contributed by atoms with Gasteiger partial charge in [-0.15, -0.1) is 0 Å². The van der Waals surface area contributed by atoms with Crippen molar-refractivity contribution >= 4 is 12.6 Å². The Labute approximate surface area is 82.2 Å². The number of hydrogen-bond donors (Lipinski definition) is 0. The Morgan fingerprint density at radius 2 is 2.14 bits per heavy atom. The quantitative estimate of drug-likeness (QED) is 0.606. The molecule has 4 heteroatoms. The molecule has 2 atom stereocenters. The first-order valence-corrected chi connectivity index (χ1v) is 4.13. The molecule has 0 amide bonds. The fourth-order valence-electron chi connectivity index (χ4n) is 1.35. The number of rotatable bonds is 4. The predicted octanol–water partition coefficient (Wildman–Crippen LogP) is 0.281. The van der Waals surface area contributed by atoms with Crippen molar-refractivity contribution < 1.29 is 19.1 Å². The number of hydrogen-bond acceptors (Lipinski definition) is 4. The number of methoxy groups -OCH3 is 2. The zero-order valence-corrected chi connectivity index (χ0v) is 8.10. The molecule has 0 fully saturated rings. The maximum atomic E-state index is 10.9. The average molecular weight is 196 g/mol. The SMILES string of the molecule is COC1C=C(C=O)C=CC1(C=O)OC. The second-order valence-electron chi connectivity index (χ2n) is 2.95. The number of aldehydes is 2. The molecule has 0 aliphatic heterocycles. The Morgan fingerprint density at radius 1 is 1.43 bits per heavy atom. The van der Waals surface area contributed by atoms with Gasteiger partial charge in [-0.2, -0.15) is 0 Å². The lowest BCUT2D eigenvalue weighted by Crippen LogP contribution is -2.45. The highest BCUT2D eigenvalue weighted by Crippen LogP contribution is 2.24. The molecule has 14 heavy (non-hydrogen) atoms. The van der Waals surface area contributed by atoms with Gasteiger partial charge in [-0.3, -0.25) is 9.59 Å². The molecular formula is C10H12O4. The molecule has 0 saturated heterocycles. The van der Waals surface area contributed by atoms with Gasteiger partial charge in [0.15, 0.2) is 11.9 Å². The normalized spacial score (nSPS) is 31.0. The first-order chi connectivity index (χ1) is 6.72. The van der Waals surface area contributed by atoms with Crippen LogP contribution in [0.2, 0.25) is 0 Å². The first kappa shape index (κ1) is 10.8. The maximum absolute atomic E-state index is 10.9. The van der Waals surface area contributed by atoms with Crippen molar-refractivity contribution in [3.05, 3.63) is 23.8 Å². The second-order valence-corrected chi connectivity index (χ2v) is 2.95. The van der Waals surface area contributed by atoms with E-state index < -0.39 is 11.7 Å². The van der Waals surface area contributed by atoms with Gasteiger partial charge < -0.3 is 9.47 Å². The Morgan fingerprint density at radius 3 is 2.57 bits per heavy atom. The van der Waals surface area contributed by atoms with Gasteiger partial charge in [0.25, 0.3) is 0 Å². The van der Waals surface area contributed by atoms with Crippen LogP contribution in [0.25, 0.3) is 0 Å². The molecule has 0 spiro atoms. The van der Waals surface area contributed by atoms with Crippen LogP contribution < -0.4 is 0 Å². The maximum Gasteiger partial charge on any atom is 0.171 e. The van der Waals surface area contributed by atoms with Crippen LogP contribution in [0.1, 0.15) is 0 Å². The minimum absolute atomic E-state index is 0.478. The third-order valence-electron chi connectivity index (χ3n) is 2.25. The highest BCUT2D eigenvalue weighted by atomic mass is 16.5. The van der Waals surface area contributed by atoms with Crippen molar-refractivity contribution in [2.24, 2.45) is 0 Å². The monoisotopic (exact) mass is 196 g/mol. The summed E-state index contributed by atoms with van der Waals surface area (Å²) in [5.41, 5.74) is -0.632. The number of carbonyl (C=O) groups excluding carboxylic acids is 2. The van der Waals surface area contributed by atoms with Gasteiger partial charge in [-0.1, -0.05) is 6.08 Å². The van der Waals surface area contributed by atoms with Gasteiger partial charge in [0.2, 0.25) is 0 Å². The van der Waals surface area contributed by atoms with Crippen LogP contribution in [0, 0.1) is 0 Å². The molecule has 0 N–H and O–H groups in total. The number of allylic oxidation sites excluding steroid dienone is 2. The van der Waals surface area contributed by atoms with Gasteiger partial charge in [-0.25, -0.2) is 0 Å². The van der Waals surface area contributed by atoms with Crippen molar-refractivity contribution in [1.82, 2.24) is 0 Å². The van der Waals surface area contributed by atoms with Crippen molar-refractivity contribution in [2.45, 2.75) is 11.7 Å². The van der Waals surface area contributed by atoms with E-state index in [4.69, 9.17) is 9.47 Å². The zero-order valence-electron chi connectivity index (χ0n) is 8.10. The predicted molar refractivity (Wildman–Crippen MR) is 49.9 cm³/mol. The van der Waals surface area contributed by atoms with E-state index in [1.165, 1.54) is 20.3 Å². The minimum Gasteiger partial charge on any atom is -0.373 e. The minimum atomic E-state index is -1.11. The standard InChI is InChI=1S/C10H12O4/c1-13-9-5-8(6-11)3-4-10(9,7-12)14-2/h3-7,9H,1-2H3. The van der Waals surface area contributed by atoms with E-state index in [0.29, 0.717) is 18.1 Å². The van der Waals surface area contributed by atoms with E-state index in [1.807, 2.05) is 0 Å². The van der Waals surface area contributed by atoms with E-state index in [9.17, 15) is 9.59 Å². The molecule has 0 saturated carbocycles. The summed E-state index contributed by atoms with van der Waals surface area (Å²) in [6, 6.07) is 0. The summed E-state index contributed by atoms with van der Waals surface area (Å²) in [6.45, 7) is 0. The average Bonchev–Trinajstić information content (AvgIpc) is 2.28. The van der Waals surface area contributed by atoms with Crippen LogP contribution in [0.5, 0.6) is 0 Å². The van der Waals surface area contributed by atoms with Gasteiger partial charge in [-0.05, 0) is 12.2 Å². The van der Waals surface area contributed by atoms with E-state index in [2.05, 4.69) is 0 Å². The van der Waals surface area contributed by atoms with Crippen molar-refractivity contribution in [3.8, 4) is 0 Å². The van der Waals surface area contributed by atoms with Gasteiger partial charge in [0, 0.05) is 19.8 Å². The zero-order chi connectivity index (χ0) is 10.6. The van der Waals surface area contributed by atoms with Gasteiger partial charge in [0.05, 0.1) is 0 Å². The summed E-state index contributed by atoms with van der Waals surface area (Å²) in [6.07, 6.45) is 5.43. The first-order valence-electron chi connectivity index (χ1n) is 4.13. The van der Waals surface area contributed by atoms with E-state index in [-0.39, 0.29) is 0 Å². The van der Waals surface area contributed by atoms with E-state index in [1.54, 1.807) is 12.2 Å². The van der Waals surface area contributed by atoms with Gasteiger partial charge in [0.1, 0.15) is 12.4 Å². The Balaban J connectivity index is 3.03. The molecule has 1 rings (SSSR count). The molecule has 0 aromatic heterocycles. The summed E-state index contributed by atoms with van der Waals surface area (Å²) >= 11 is 0. The Bertz CT molecular complexity index is 292. The van der Waals surface area contributed by atoms with Crippen LogP contribution >= 0.6 is 0 Å². The lowest BCUT2D eigenvalue weighted by molar-refractivity contribution is -0.133. The molecule has 0 aromatic carbocycles. The fraction of sp³-hybridized carbons (Fsp3) is 0.400. The molecule has 4 nitrogen and oxygen atoms in total. The highest BCUT2D eigenvalue weighted by molar-refractivity contribution is 5.81. The summed E-state index contributed by atoms with van der Waals surface area (Å²) in [5, 5.41) is 0. The lowest BCUT2D eigenvalue weighted by atomic mass is 9.90. The third-order valence-corrected chi connectivity index (χ3v) is 2.25. The summed E-state index contributed by atoms with van der Waals surface area (Å²) in [7, 11) is 2.88. The van der Waals surface area contributed by atoms with Crippen LogP contribution in [-0.4, -0.2) is 38.5 Å². The van der Waals surface area contributed by atoms with Crippen molar-refractivity contribution in [3.63, 3.8) is 0 Å². The second kappa shape index (κ2) is 4.30. The van der Waals surface area contributed by atoms with Gasteiger partial charge >= 0.3 is 0 Å². The van der Waals surface area contributed by atoms with Crippen LogP contribution in [0.4, 0.5) is 0 Å². The van der Waals surface area contributed by atoms with Crippen molar-refractivity contribution in [2.75, 3.05) is 14.2 Å². The molecule has 1 aliphatic rings. The molecule has 2 unspecified atom stereocenters. The van der Waals surface area contributed by atoms with E-state index >= 15 is 0 Å². The topological polar surface area (TPSA) is 52.6 Å². The summed E-state index contributed by atoms with van der Waals surface area (Å²) in [4.78, 5) is 21.4. The molecular weight excluding hydrogens is 184 g/mol. The van der Waals surface area contributed by atoms with Crippen LogP contribution in [0.3, 0.4) is 0 Å². The largest absolute Gasteiger partial charge is 0.373 e. The Hall–Kier alpha value is -1.26. The lowest BCUT2D eigenvalue weighted by Gasteiger charge is -2.31. The molecule has 0 radical (unpaired) electrons. The fourth-order valence-corrected chi connectivity index (χ4v) is 1.35. The molecule has 0 heterocycles. The molecule has 0 aromatic rings. The summed E-state index contributed by atoms with van der Waals surface area (Å²) in [5.74, 6) is 0. The highest BCUT2D eigenvalue weighted by Gasteiger charge is 2.37. The molecule has 1 aliphatic carbocycles. The number of ether oxygens (including phenoxy) is 2. The number of carbonyl (C=O) groups is 2. The van der Waals surface area contributed by atoms with E-state index in [0.717, 1.165) is 0 Å². The smallest absolute Gasteiger partial charge is 0.171 e. The van der Waals surface area contributed by atoms with Crippen LogP contribution in [-0.2, 0) is 19.1 Å².